The molecule has 0 saturated heterocycles. The van der Waals surface area contributed by atoms with Crippen molar-refractivity contribution in [3.63, 3.8) is 0 Å². The third kappa shape index (κ3) is 4.74. The van der Waals surface area contributed by atoms with Crippen molar-refractivity contribution in [1.29, 1.82) is 0 Å². The first-order valence-corrected chi connectivity index (χ1v) is 7.78. The fourth-order valence-electron chi connectivity index (χ4n) is 2.28. The van der Waals surface area contributed by atoms with Gasteiger partial charge in [0.05, 0.1) is 6.54 Å². The lowest BCUT2D eigenvalue weighted by molar-refractivity contribution is 0.247. The molecule has 0 atom stereocenters. The van der Waals surface area contributed by atoms with E-state index in [0.717, 1.165) is 28.1 Å². The van der Waals surface area contributed by atoms with Gasteiger partial charge in [-0.3, -0.25) is 0 Å². The minimum absolute atomic E-state index is 0.227. The summed E-state index contributed by atoms with van der Waals surface area (Å²) in [5.74, 6) is 0.908. The number of urea groups is 1. The molecule has 0 aliphatic carbocycles. The Morgan fingerprint density at radius 3 is 2.30 bits per heavy atom. The van der Waals surface area contributed by atoms with E-state index < -0.39 is 0 Å². The highest BCUT2D eigenvalue weighted by Crippen LogP contribution is 2.25. The van der Waals surface area contributed by atoms with Crippen LogP contribution in [-0.2, 0) is 0 Å². The Labute approximate surface area is 137 Å². The Kier molecular flexibility index (Phi) is 5.63. The zero-order valence-electron chi connectivity index (χ0n) is 14.2. The average molecular weight is 312 g/mol. The molecule has 0 bridgehead atoms. The Morgan fingerprint density at radius 2 is 1.61 bits per heavy atom. The van der Waals surface area contributed by atoms with E-state index in [4.69, 9.17) is 4.74 Å². The molecule has 122 valence electrons. The Balaban J connectivity index is 1.78. The number of carbonyl (C=O) groups is 1. The molecule has 0 aromatic heterocycles. The molecule has 4 heteroatoms. The van der Waals surface area contributed by atoms with Crippen LogP contribution >= 0.6 is 0 Å². The molecule has 0 fully saturated rings. The minimum Gasteiger partial charge on any atom is -0.491 e. The maximum atomic E-state index is 11.8. The molecule has 2 aromatic rings. The van der Waals surface area contributed by atoms with Gasteiger partial charge in [0, 0.05) is 5.69 Å². The summed E-state index contributed by atoms with van der Waals surface area (Å²) in [6.07, 6.45) is 0. The number of rotatable bonds is 5. The van der Waals surface area contributed by atoms with E-state index >= 15 is 0 Å². The van der Waals surface area contributed by atoms with Gasteiger partial charge in [0.25, 0.3) is 0 Å². The molecular weight excluding hydrogens is 288 g/mol. The van der Waals surface area contributed by atoms with E-state index in [-0.39, 0.29) is 6.03 Å². The molecular formula is C19H24N2O2. The van der Waals surface area contributed by atoms with Crippen molar-refractivity contribution < 1.29 is 9.53 Å². The highest BCUT2D eigenvalue weighted by Gasteiger charge is 2.06. The van der Waals surface area contributed by atoms with E-state index in [9.17, 15) is 4.79 Å². The van der Waals surface area contributed by atoms with Gasteiger partial charge in [-0.2, -0.15) is 0 Å². The monoisotopic (exact) mass is 312 g/mol. The Hall–Kier alpha value is -2.49. The molecule has 4 nitrogen and oxygen atoms in total. The summed E-state index contributed by atoms with van der Waals surface area (Å²) in [4.78, 5) is 11.8. The van der Waals surface area contributed by atoms with Gasteiger partial charge in [-0.05, 0) is 56.5 Å². The van der Waals surface area contributed by atoms with E-state index in [1.165, 1.54) is 5.56 Å². The molecule has 2 N–H and O–H groups in total. The van der Waals surface area contributed by atoms with Gasteiger partial charge in [0.2, 0.25) is 0 Å². The van der Waals surface area contributed by atoms with E-state index in [1.807, 2.05) is 38.1 Å². The molecule has 0 aliphatic rings. The van der Waals surface area contributed by atoms with Gasteiger partial charge >= 0.3 is 6.03 Å². The van der Waals surface area contributed by atoms with E-state index in [0.29, 0.717) is 13.2 Å². The summed E-state index contributed by atoms with van der Waals surface area (Å²) in [5, 5.41) is 5.59. The molecule has 2 rings (SSSR count). The number of benzene rings is 2. The standard InChI is InChI=1S/C19H24N2O2/c1-13-5-9-17(10-6-13)21-19(22)20-11-12-23-18-15(3)8-7-14(2)16(18)4/h5-10H,11-12H2,1-4H3,(H2,20,21,22). The van der Waals surface area contributed by atoms with Crippen molar-refractivity contribution in [2.75, 3.05) is 18.5 Å². The SMILES string of the molecule is Cc1ccc(NC(=O)NCCOc2c(C)ccc(C)c2C)cc1. The second kappa shape index (κ2) is 7.68. The zero-order valence-corrected chi connectivity index (χ0v) is 14.2. The van der Waals surface area contributed by atoms with Gasteiger partial charge in [-0.15, -0.1) is 0 Å². The Bertz CT molecular complexity index is 679. The molecule has 0 heterocycles. The van der Waals surface area contributed by atoms with E-state index in [1.54, 1.807) is 0 Å². The van der Waals surface area contributed by atoms with Crippen LogP contribution in [0.5, 0.6) is 5.75 Å². The van der Waals surface area contributed by atoms with Crippen molar-refractivity contribution in [1.82, 2.24) is 5.32 Å². The molecule has 23 heavy (non-hydrogen) atoms. The summed E-state index contributed by atoms with van der Waals surface area (Å²) in [5.41, 5.74) is 5.40. The summed E-state index contributed by atoms with van der Waals surface area (Å²) < 4.78 is 5.82. The maximum Gasteiger partial charge on any atom is 0.319 e. The van der Waals surface area contributed by atoms with Crippen molar-refractivity contribution >= 4 is 11.7 Å². The van der Waals surface area contributed by atoms with Crippen LogP contribution in [0, 0.1) is 27.7 Å². The maximum absolute atomic E-state index is 11.8. The number of hydrogen-bond acceptors (Lipinski definition) is 2. The van der Waals surface area contributed by atoms with Crippen molar-refractivity contribution in [3.05, 3.63) is 58.7 Å². The smallest absolute Gasteiger partial charge is 0.319 e. The number of anilines is 1. The lowest BCUT2D eigenvalue weighted by atomic mass is 10.1. The van der Waals surface area contributed by atoms with Gasteiger partial charge in [0.15, 0.2) is 0 Å². The number of ether oxygens (including phenoxy) is 1. The van der Waals surface area contributed by atoms with Crippen LogP contribution in [0.25, 0.3) is 0 Å². The number of aryl methyl sites for hydroxylation is 3. The van der Waals surface area contributed by atoms with Crippen molar-refractivity contribution in [2.45, 2.75) is 27.7 Å². The van der Waals surface area contributed by atoms with Crippen LogP contribution in [0.3, 0.4) is 0 Å². The molecule has 0 saturated carbocycles. The van der Waals surface area contributed by atoms with Crippen LogP contribution in [0.1, 0.15) is 22.3 Å². The highest BCUT2D eigenvalue weighted by atomic mass is 16.5. The van der Waals surface area contributed by atoms with Gasteiger partial charge in [0.1, 0.15) is 12.4 Å². The predicted octanol–water partition coefficient (Wildman–Crippen LogP) is 4.12. The largest absolute Gasteiger partial charge is 0.491 e. The second-order valence-electron chi connectivity index (χ2n) is 5.75. The molecule has 2 aromatic carbocycles. The first-order chi connectivity index (χ1) is 11.0. The van der Waals surface area contributed by atoms with Crippen LogP contribution in [-0.4, -0.2) is 19.2 Å². The molecule has 0 radical (unpaired) electrons. The molecule has 2 amide bonds. The average Bonchev–Trinajstić information content (AvgIpc) is 2.52. The number of carbonyl (C=O) groups excluding carboxylic acids is 1. The summed E-state index contributed by atoms with van der Waals surface area (Å²) in [7, 11) is 0. The van der Waals surface area contributed by atoms with Gasteiger partial charge in [-0.1, -0.05) is 29.8 Å². The molecule has 0 aliphatic heterocycles. The van der Waals surface area contributed by atoms with Crippen molar-refractivity contribution in [3.8, 4) is 5.75 Å². The lowest BCUT2D eigenvalue weighted by Crippen LogP contribution is -2.32. The van der Waals surface area contributed by atoms with Crippen LogP contribution in [0.4, 0.5) is 10.5 Å². The number of amides is 2. The normalized spacial score (nSPS) is 10.3. The number of nitrogens with one attached hydrogen (secondary N) is 2. The summed E-state index contributed by atoms with van der Waals surface area (Å²) in [6.45, 7) is 9.04. The van der Waals surface area contributed by atoms with Crippen molar-refractivity contribution in [2.24, 2.45) is 0 Å². The number of hydrogen-bond donors (Lipinski definition) is 2. The first kappa shape index (κ1) is 16.9. The van der Waals surface area contributed by atoms with E-state index in [2.05, 4.69) is 36.6 Å². The quantitative estimate of drug-likeness (QED) is 0.816. The van der Waals surface area contributed by atoms with Crippen LogP contribution < -0.4 is 15.4 Å². The lowest BCUT2D eigenvalue weighted by Gasteiger charge is -2.14. The second-order valence-corrected chi connectivity index (χ2v) is 5.75. The van der Waals surface area contributed by atoms with Gasteiger partial charge in [-0.25, -0.2) is 4.79 Å². The highest BCUT2D eigenvalue weighted by molar-refractivity contribution is 5.89. The minimum atomic E-state index is -0.227. The Morgan fingerprint density at radius 1 is 0.957 bits per heavy atom. The van der Waals surface area contributed by atoms with Crippen LogP contribution in [0.15, 0.2) is 36.4 Å². The topological polar surface area (TPSA) is 50.4 Å². The fourth-order valence-corrected chi connectivity index (χ4v) is 2.28. The third-order valence-corrected chi connectivity index (χ3v) is 3.82. The van der Waals surface area contributed by atoms with Crippen LogP contribution in [0.2, 0.25) is 0 Å². The first-order valence-electron chi connectivity index (χ1n) is 7.78. The third-order valence-electron chi connectivity index (χ3n) is 3.82. The summed E-state index contributed by atoms with van der Waals surface area (Å²) in [6, 6.07) is 11.6. The molecule has 0 unspecified atom stereocenters. The fraction of sp³-hybridized carbons (Fsp3) is 0.316. The molecule has 0 spiro atoms. The predicted molar refractivity (Wildman–Crippen MR) is 94.3 cm³/mol. The zero-order chi connectivity index (χ0) is 16.8. The summed E-state index contributed by atoms with van der Waals surface area (Å²) >= 11 is 0. The van der Waals surface area contributed by atoms with Gasteiger partial charge < -0.3 is 15.4 Å².